The van der Waals surface area contributed by atoms with Gasteiger partial charge in [-0.05, 0) is 37.5 Å². The molecule has 0 saturated heterocycles. The van der Waals surface area contributed by atoms with E-state index in [-0.39, 0.29) is 63.3 Å². The average Bonchev–Trinajstić information content (AvgIpc) is 2.79. The van der Waals surface area contributed by atoms with E-state index in [1.165, 1.54) is 0 Å². The summed E-state index contributed by atoms with van der Waals surface area (Å²) in [6.07, 6.45) is 11.6. The Morgan fingerprint density at radius 1 is 0.387 bits per heavy atom. The van der Waals surface area contributed by atoms with Gasteiger partial charge >= 0.3 is 0 Å². The van der Waals surface area contributed by atoms with E-state index in [9.17, 15) is 20.4 Å². The molecule has 6 N–H and O–H groups in total. The molecule has 0 saturated carbocycles. The maximum Gasteiger partial charge on any atom is 0.0519 e. The van der Waals surface area contributed by atoms with Gasteiger partial charge in [-0.1, -0.05) is 51.4 Å². The zero-order valence-corrected chi connectivity index (χ0v) is 19.5. The first-order valence-corrected chi connectivity index (χ1v) is 12.4. The van der Waals surface area contributed by atoms with E-state index in [1.54, 1.807) is 0 Å². The van der Waals surface area contributed by atoms with Crippen molar-refractivity contribution in [3.8, 4) is 0 Å². The highest BCUT2D eigenvalue weighted by atomic mass is 16.5. The highest BCUT2D eigenvalue weighted by Gasteiger charge is 2.23. The van der Waals surface area contributed by atoms with Crippen molar-refractivity contribution < 1.29 is 35.4 Å². The molecule has 0 bridgehead atoms. The van der Waals surface area contributed by atoms with E-state index in [0.717, 1.165) is 77.0 Å². The lowest BCUT2D eigenvalue weighted by molar-refractivity contribution is -0.0136. The molecule has 0 spiro atoms. The van der Waals surface area contributed by atoms with E-state index in [4.69, 9.17) is 14.9 Å². The standard InChI is InChI=1S/C24H50O7/c25-13-9-5-1-3-7-11-21(15-27)23(17-29)19-31-20-24(18-30)22(16-28)12-8-4-2-6-10-14-26/h21-30H,1-20H2. The molecule has 0 radical (unpaired) electrons. The second-order valence-electron chi connectivity index (χ2n) is 8.87. The van der Waals surface area contributed by atoms with E-state index in [1.807, 2.05) is 0 Å². The maximum absolute atomic E-state index is 9.76. The first-order chi connectivity index (χ1) is 15.2. The number of ether oxygens (including phenoxy) is 1. The Balaban J connectivity index is 4.25. The van der Waals surface area contributed by atoms with Gasteiger partial charge in [-0.15, -0.1) is 0 Å². The van der Waals surface area contributed by atoms with Crippen LogP contribution in [0.2, 0.25) is 0 Å². The number of hydrogen-bond donors (Lipinski definition) is 6. The van der Waals surface area contributed by atoms with Crippen LogP contribution in [0.3, 0.4) is 0 Å². The number of aliphatic hydroxyl groups is 6. The fraction of sp³-hybridized carbons (Fsp3) is 1.00. The predicted molar refractivity (Wildman–Crippen MR) is 123 cm³/mol. The summed E-state index contributed by atoms with van der Waals surface area (Å²) >= 11 is 0. The minimum absolute atomic E-state index is 0.0111. The van der Waals surface area contributed by atoms with E-state index < -0.39 is 0 Å². The van der Waals surface area contributed by atoms with Gasteiger partial charge in [0.1, 0.15) is 0 Å². The average molecular weight is 451 g/mol. The Kier molecular flexibility index (Phi) is 22.7. The Hall–Kier alpha value is -0.280. The molecule has 7 nitrogen and oxygen atoms in total. The van der Waals surface area contributed by atoms with Crippen LogP contribution in [0.4, 0.5) is 0 Å². The molecular formula is C24H50O7. The molecule has 188 valence electrons. The molecule has 0 amide bonds. The van der Waals surface area contributed by atoms with Crippen molar-refractivity contribution >= 4 is 0 Å². The molecule has 0 aliphatic carbocycles. The van der Waals surface area contributed by atoms with Crippen LogP contribution in [-0.2, 0) is 4.74 Å². The Bertz CT molecular complexity index is 325. The highest BCUT2D eigenvalue weighted by Crippen LogP contribution is 2.23. The first kappa shape index (κ1) is 30.7. The van der Waals surface area contributed by atoms with Gasteiger partial charge < -0.3 is 35.4 Å². The molecule has 0 aromatic heterocycles. The summed E-state index contributed by atoms with van der Waals surface area (Å²) in [6, 6.07) is 0. The zero-order chi connectivity index (χ0) is 23.2. The summed E-state index contributed by atoms with van der Waals surface area (Å²) in [6.45, 7) is 1.09. The van der Waals surface area contributed by atoms with Crippen LogP contribution in [0.5, 0.6) is 0 Å². The molecule has 4 atom stereocenters. The van der Waals surface area contributed by atoms with Crippen molar-refractivity contribution in [1.29, 1.82) is 0 Å². The summed E-state index contributed by atoms with van der Waals surface area (Å²) in [5.74, 6) is -0.298. The van der Waals surface area contributed by atoms with Crippen LogP contribution in [0.15, 0.2) is 0 Å². The topological polar surface area (TPSA) is 131 Å². The Morgan fingerprint density at radius 3 is 1.03 bits per heavy atom. The minimum atomic E-state index is -0.138. The molecule has 0 aromatic rings. The lowest BCUT2D eigenvalue weighted by atomic mass is 9.88. The smallest absolute Gasteiger partial charge is 0.0519 e. The van der Waals surface area contributed by atoms with E-state index >= 15 is 0 Å². The van der Waals surface area contributed by atoms with Gasteiger partial charge in [0.05, 0.1) is 13.2 Å². The summed E-state index contributed by atoms with van der Waals surface area (Å²) in [4.78, 5) is 0. The van der Waals surface area contributed by atoms with Crippen molar-refractivity contribution in [2.24, 2.45) is 23.7 Å². The van der Waals surface area contributed by atoms with Gasteiger partial charge in [0.2, 0.25) is 0 Å². The lowest BCUT2D eigenvalue weighted by Crippen LogP contribution is -2.31. The number of unbranched alkanes of at least 4 members (excludes halogenated alkanes) is 8. The molecule has 31 heavy (non-hydrogen) atoms. The molecule has 0 fully saturated rings. The first-order valence-electron chi connectivity index (χ1n) is 12.4. The van der Waals surface area contributed by atoms with Crippen LogP contribution in [0, 0.1) is 23.7 Å². The predicted octanol–water partition coefficient (Wildman–Crippen LogP) is 2.10. The summed E-state index contributed by atoms with van der Waals surface area (Å²) in [7, 11) is 0. The van der Waals surface area contributed by atoms with Crippen LogP contribution in [0.25, 0.3) is 0 Å². The Morgan fingerprint density at radius 2 is 0.710 bits per heavy atom. The Labute approximate surface area is 189 Å². The quantitative estimate of drug-likeness (QED) is 0.124. The molecule has 0 aromatic carbocycles. The van der Waals surface area contributed by atoms with E-state index in [0.29, 0.717) is 13.2 Å². The van der Waals surface area contributed by atoms with Crippen molar-refractivity contribution in [2.75, 3.05) is 52.9 Å². The minimum Gasteiger partial charge on any atom is -0.396 e. The summed E-state index contributed by atoms with van der Waals surface area (Å²) < 4.78 is 5.83. The fourth-order valence-corrected chi connectivity index (χ4v) is 4.10. The third-order valence-electron chi connectivity index (χ3n) is 6.40. The van der Waals surface area contributed by atoms with Crippen LogP contribution in [0.1, 0.15) is 77.0 Å². The van der Waals surface area contributed by atoms with Crippen molar-refractivity contribution in [3.05, 3.63) is 0 Å². The number of hydrogen-bond acceptors (Lipinski definition) is 7. The van der Waals surface area contributed by atoms with Gasteiger partial charge in [0, 0.05) is 51.5 Å². The van der Waals surface area contributed by atoms with Gasteiger partial charge in [-0.25, -0.2) is 0 Å². The molecule has 4 unspecified atom stereocenters. The third kappa shape index (κ3) is 16.1. The molecule has 0 aliphatic heterocycles. The van der Waals surface area contributed by atoms with Crippen LogP contribution < -0.4 is 0 Å². The van der Waals surface area contributed by atoms with Crippen LogP contribution in [-0.4, -0.2) is 83.5 Å². The van der Waals surface area contributed by atoms with Crippen molar-refractivity contribution in [3.63, 3.8) is 0 Å². The van der Waals surface area contributed by atoms with Crippen molar-refractivity contribution in [2.45, 2.75) is 77.0 Å². The lowest BCUT2D eigenvalue weighted by Gasteiger charge is -2.27. The van der Waals surface area contributed by atoms with E-state index in [2.05, 4.69) is 0 Å². The van der Waals surface area contributed by atoms with Gasteiger partial charge in [-0.3, -0.25) is 0 Å². The third-order valence-corrected chi connectivity index (χ3v) is 6.40. The zero-order valence-electron chi connectivity index (χ0n) is 19.5. The second kappa shape index (κ2) is 22.9. The SMILES string of the molecule is OCCCCCCCC(CO)C(CO)COCC(CO)C(CO)CCCCCCCO. The molecule has 0 heterocycles. The monoisotopic (exact) mass is 450 g/mol. The van der Waals surface area contributed by atoms with Crippen molar-refractivity contribution in [1.82, 2.24) is 0 Å². The maximum atomic E-state index is 9.76. The number of aliphatic hydroxyl groups excluding tert-OH is 6. The second-order valence-corrected chi connectivity index (χ2v) is 8.87. The molecular weight excluding hydrogens is 400 g/mol. The molecule has 0 rings (SSSR count). The molecule has 0 aliphatic rings. The van der Waals surface area contributed by atoms with Gasteiger partial charge in [0.25, 0.3) is 0 Å². The van der Waals surface area contributed by atoms with Crippen LogP contribution >= 0.6 is 0 Å². The molecule has 7 heteroatoms. The number of rotatable bonds is 24. The normalized spacial score (nSPS) is 15.7. The highest BCUT2D eigenvalue weighted by molar-refractivity contribution is 4.72. The fourth-order valence-electron chi connectivity index (χ4n) is 4.10. The van der Waals surface area contributed by atoms with Gasteiger partial charge in [-0.2, -0.15) is 0 Å². The van der Waals surface area contributed by atoms with Gasteiger partial charge in [0.15, 0.2) is 0 Å². The summed E-state index contributed by atoms with van der Waals surface area (Å²) in [5, 5.41) is 56.6. The largest absolute Gasteiger partial charge is 0.396 e. The summed E-state index contributed by atoms with van der Waals surface area (Å²) in [5.41, 5.74) is 0.